The minimum Gasteiger partial charge on any atom is -0.265 e. The van der Waals surface area contributed by atoms with Crippen LogP contribution in [0.1, 0.15) is 10.4 Å². The van der Waals surface area contributed by atoms with Crippen molar-refractivity contribution in [1.29, 1.82) is 0 Å². The van der Waals surface area contributed by atoms with Gasteiger partial charge >= 0.3 is 0 Å². The summed E-state index contributed by atoms with van der Waals surface area (Å²) in [6, 6.07) is 13.4. The zero-order valence-corrected chi connectivity index (χ0v) is 14.8. The smallest absolute Gasteiger partial charge is 0.265 e. The van der Waals surface area contributed by atoms with E-state index in [4.69, 9.17) is 0 Å². The fraction of sp³-hybridized carbons (Fsp3) is 0.167. The Bertz CT molecular complexity index is 995. The molecule has 0 fully saturated rings. The summed E-state index contributed by atoms with van der Waals surface area (Å²) in [7, 11) is -3.47. The van der Waals surface area contributed by atoms with E-state index in [9.17, 15) is 8.42 Å². The van der Waals surface area contributed by atoms with E-state index in [1.165, 1.54) is 15.6 Å². The minimum atomic E-state index is -3.47. The standard InChI is InChI=1S/C18H16N2O2S2/c1-13-2-5-18(23-13)24(21,22)20-11-8-16-12-15(3-4-17(16)20)14-6-9-19-10-7-14/h2-7,9-10,12H,8,11H2,1H3. The number of aromatic nitrogens is 1. The van der Waals surface area contributed by atoms with Crippen LogP contribution >= 0.6 is 11.3 Å². The van der Waals surface area contributed by atoms with E-state index in [1.54, 1.807) is 18.5 Å². The molecule has 0 N–H and O–H groups in total. The van der Waals surface area contributed by atoms with Gasteiger partial charge in [-0.3, -0.25) is 9.29 Å². The largest absolute Gasteiger partial charge is 0.273 e. The molecule has 24 heavy (non-hydrogen) atoms. The van der Waals surface area contributed by atoms with Crippen molar-refractivity contribution in [3.05, 3.63) is 65.3 Å². The second-order valence-electron chi connectivity index (χ2n) is 5.77. The second kappa shape index (κ2) is 5.72. The fourth-order valence-corrected chi connectivity index (χ4v) is 5.91. The Kier molecular flexibility index (Phi) is 3.66. The average molecular weight is 356 g/mol. The Hall–Kier alpha value is -2.18. The van der Waals surface area contributed by atoms with E-state index in [-0.39, 0.29) is 0 Å². The molecule has 3 aromatic rings. The zero-order chi connectivity index (χ0) is 16.7. The molecule has 0 saturated heterocycles. The molecular weight excluding hydrogens is 340 g/mol. The molecule has 1 aliphatic heterocycles. The summed E-state index contributed by atoms with van der Waals surface area (Å²) in [5.41, 5.74) is 4.03. The van der Waals surface area contributed by atoms with Crippen LogP contribution in [0.15, 0.2) is 59.1 Å². The number of hydrogen-bond donors (Lipinski definition) is 0. The highest BCUT2D eigenvalue weighted by atomic mass is 32.2. The maximum Gasteiger partial charge on any atom is 0.273 e. The van der Waals surface area contributed by atoms with Gasteiger partial charge in [-0.2, -0.15) is 0 Å². The molecule has 2 aromatic heterocycles. The summed E-state index contributed by atoms with van der Waals surface area (Å²) < 4.78 is 27.7. The van der Waals surface area contributed by atoms with Crippen molar-refractivity contribution < 1.29 is 8.42 Å². The number of sulfonamides is 1. The number of hydrogen-bond acceptors (Lipinski definition) is 4. The highest BCUT2D eigenvalue weighted by Gasteiger charge is 2.31. The van der Waals surface area contributed by atoms with Gasteiger partial charge in [-0.15, -0.1) is 11.3 Å². The van der Waals surface area contributed by atoms with Crippen LogP contribution in [0.5, 0.6) is 0 Å². The summed E-state index contributed by atoms with van der Waals surface area (Å²) in [6.07, 6.45) is 4.26. The molecule has 0 unspecified atom stereocenters. The molecule has 0 saturated carbocycles. The predicted octanol–water partition coefficient (Wildman–Crippen LogP) is 3.87. The van der Waals surface area contributed by atoms with Gasteiger partial charge in [0.2, 0.25) is 0 Å². The lowest BCUT2D eigenvalue weighted by Crippen LogP contribution is -2.28. The van der Waals surface area contributed by atoms with E-state index in [0.29, 0.717) is 10.8 Å². The van der Waals surface area contributed by atoms with Crippen molar-refractivity contribution in [1.82, 2.24) is 4.98 Å². The van der Waals surface area contributed by atoms with Gasteiger partial charge in [0.15, 0.2) is 0 Å². The van der Waals surface area contributed by atoms with E-state index < -0.39 is 10.0 Å². The molecule has 0 radical (unpaired) electrons. The highest BCUT2D eigenvalue weighted by Crippen LogP contribution is 2.37. The van der Waals surface area contributed by atoms with Crippen molar-refractivity contribution >= 4 is 27.0 Å². The summed E-state index contributed by atoms with van der Waals surface area (Å²) in [5, 5.41) is 0. The number of rotatable bonds is 3. The molecule has 1 aromatic carbocycles. The molecule has 4 rings (SSSR count). The molecule has 1 aliphatic rings. The van der Waals surface area contributed by atoms with Gasteiger partial charge in [-0.05, 0) is 66.4 Å². The first kappa shape index (κ1) is 15.4. The van der Waals surface area contributed by atoms with Crippen molar-refractivity contribution in [2.45, 2.75) is 17.6 Å². The van der Waals surface area contributed by atoms with E-state index >= 15 is 0 Å². The Balaban J connectivity index is 1.73. The van der Waals surface area contributed by atoms with E-state index in [1.807, 2.05) is 37.3 Å². The van der Waals surface area contributed by atoms with Crippen LogP contribution in [0.2, 0.25) is 0 Å². The molecule has 4 nitrogen and oxygen atoms in total. The number of anilines is 1. The van der Waals surface area contributed by atoms with Crippen LogP contribution < -0.4 is 4.31 Å². The van der Waals surface area contributed by atoms with Crippen molar-refractivity contribution in [2.75, 3.05) is 10.8 Å². The third-order valence-corrected chi connectivity index (χ3v) is 7.49. The van der Waals surface area contributed by atoms with Crippen LogP contribution in [-0.4, -0.2) is 19.9 Å². The van der Waals surface area contributed by atoms with Gasteiger partial charge in [-0.25, -0.2) is 8.42 Å². The maximum absolute atomic E-state index is 12.9. The summed E-state index contributed by atoms with van der Waals surface area (Å²) >= 11 is 1.32. The molecule has 0 aliphatic carbocycles. The molecule has 0 atom stereocenters. The lowest BCUT2D eigenvalue weighted by Gasteiger charge is -2.18. The summed E-state index contributed by atoms with van der Waals surface area (Å²) in [6.45, 7) is 2.41. The first-order valence-electron chi connectivity index (χ1n) is 7.68. The van der Waals surface area contributed by atoms with Crippen molar-refractivity contribution in [3.63, 3.8) is 0 Å². The normalized spacial score (nSPS) is 14.0. The van der Waals surface area contributed by atoms with Gasteiger partial charge in [0.25, 0.3) is 10.0 Å². The van der Waals surface area contributed by atoms with Crippen LogP contribution in [0.4, 0.5) is 5.69 Å². The molecule has 0 bridgehead atoms. The predicted molar refractivity (Wildman–Crippen MR) is 97.0 cm³/mol. The minimum absolute atomic E-state index is 0.408. The molecule has 6 heteroatoms. The van der Waals surface area contributed by atoms with Gasteiger partial charge in [0.05, 0.1) is 5.69 Å². The zero-order valence-electron chi connectivity index (χ0n) is 13.1. The van der Waals surface area contributed by atoms with Gasteiger partial charge in [0.1, 0.15) is 4.21 Å². The van der Waals surface area contributed by atoms with Crippen molar-refractivity contribution in [3.8, 4) is 11.1 Å². The Morgan fingerprint density at radius 2 is 1.83 bits per heavy atom. The first-order chi connectivity index (χ1) is 11.6. The van der Waals surface area contributed by atoms with Crippen LogP contribution in [0, 0.1) is 6.92 Å². The lowest BCUT2D eigenvalue weighted by atomic mass is 10.0. The monoisotopic (exact) mass is 356 g/mol. The summed E-state index contributed by atoms with van der Waals surface area (Å²) in [4.78, 5) is 5.04. The molecule has 122 valence electrons. The topological polar surface area (TPSA) is 50.3 Å². The third kappa shape index (κ3) is 2.52. The summed E-state index contributed by atoms with van der Waals surface area (Å²) in [5.74, 6) is 0. The number of thiophene rings is 1. The maximum atomic E-state index is 12.9. The van der Waals surface area contributed by atoms with Crippen molar-refractivity contribution in [2.24, 2.45) is 0 Å². The number of aryl methyl sites for hydroxylation is 1. The van der Waals surface area contributed by atoms with Gasteiger partial charge < -0.3 is 0 Å². The number of nitrogens with zero attached hydrogens (tertiary/aromatic N) is 2. The highest BCUT2D eigenvalue weighted by molar-refractivity contribution is 7.94. The Morgan fingerprint density at radius 1 is 1.04 bits per heavy atom. The molecule has 3 heterocycles. The van der Waals surface area contributed by atoms with Crippen LogP contribution in [0.25, 0.3) is 11.1 Å². The number of benzene rings is 1. The Morgan fingerprint density at radius 3 is 2.54 bits per heavy atom. The van der Waals surface area contributed by atoms with Gasteiger partial charge in [0, 0.05) is 23.8 Å². The van der Waals surface area contributed by atoms with Crippen LogP contribution in [0.3, 0.4) is 0 Å². The second-order valence-corrected chi connectivity index (χ2v) is 9.15. The lowest BCUT2D eigenvalue weighted by molar-refractivity contribution is 0.594. The number of fused-ring (bicyclic) bond motifs is 1. The molecule has 0 spiro atoms. The van der Waals surface area contributed by atoms with Gasteiger partial charge in [-0.1, -0.05) is 6.07 Å². The SMILES string of the molecule is Cc1ccc(S(=O)(=O)N2CCc3cc(-c4ccncc4)ccc32)s1. The number of pyridine rings is 1. The quantitative estimate of drug-likeness (QED) is 0.716. The first-order valence-corrected chi connectivity index (χ1v) is 9.94. The Labute approximate surface area is 145 Å². The fourth-order valence-electron chi connectivity index (χ4n) is 3.00. The van der Waals surface area contributed by atoms with E-state index in [2.05, 4.69) is 11.1 Å². The van der Waals surface area contributed by atoms with E-state index in [0.717, 1.165) is 33.7 Å². The average Bonchev–Trinajstić information content (AvgIpc) is 3.22. The van der Waals surface area contributed by atoms with Crippen LogP contribution in [-0.2, 0) is 16.4 Å². The molecular formula is C18H16N2O2S2. The molecule has 0 amide bonds. The third-order valence-electron chi connectivity index (χ3n) is 4.21.